The van der Waals surface area contributed by atoms with Crippen molar-refractivity contribution in [3.8, 4) is 0 Å². The van der Waals surface area contributed by atoms with Gasteiger partial charge in [0, 0.05) is 5.92 Å². The second-order valence-corrected chi connectivity index (χ2v) is 9.54. The first-order valence-electron chi connectivity index (χ1n) is 9.07. The molecule has 0 atom stereocenters. The van der Waals surface area contributed by atoms with Crippen LogP contribution in [0.1, 0.15) is 39.7 Å². The fourth-order valence-corrected chi connectivity index (χ4v) is 4.79. The van der Waals surface area contributed by atoms with E-state index < -0.39 is 32.6 Å². The molecular weight excluding hydrogens is 453 g/mol. The van der Waals surface area contributed by atoms with E-state index in [9.17, 15) is 26.4 Å². The zero-order chi connectivity index (χ0) is 22.2. The van der Waals surface area contributed by atoms with Crippen molar-refractivity contribution >= 4 is 38.1 Å². The van der Waals surface area contributed by atoms with Crippen LogP contribution in [0.25, 0.3) is 0 Å². The van der Waals surface area contributed by atoms with Gasteiger partial charge in [0.25, 0.3) is 15.9 Å². The van der Waals surface area contributed by atoms with Crippen molar-refractivity contribution in [3.05, 3.63) is 64.7 Å². The highest BCUT2D eigenvalue weighted by Gasteiger charge is 2.32. The average molecular weight is 468 g/mol. The summed E-state index contributed by atoms with van der Waals surface area (Å²) < 4.78 is 66.3. The predicted molar refractivity (Wildman–Crippen MR) is 109 cm³/mol. The first-order valence-corrected chi connectivity index (χ1v) is 11.4. The van der Waals surface area contributed by atoms with Crippen LogP contribution in [0.5, 0.6) is 0 Å². The second-order valence-electron chi connectivity index (χ2n) is 6.85. The second kappa shape index (κ2) is 7.93. The average Bonchev–Trinajstić information content (AvgIpc) is 3.47. The summed E-state index contributed by atoms with van der Waals surface area (Å²) in [6.45, 7) is 0. The molecule has 1 fully saturated rings. The number of sulfonamides is 1. The molecule has 31 heavy (non-hydrogen) atoms. The van der Waals surface area contributed by atoms with Gasteiger partial charge in [-0.1, -0.05) is 29.5 Å². The Morgan fingerprint density at radius 2 is 1.81 bits per heavy atom. The molecule has 1 amide bonds. The highest BCUT2D eigenvalue weighted by atomic mass is 32.2. The highest BCUT2D eigenvalue weighted by Crippen LogP contribution is 2.42. The van der Waals surface area contributed by atoms with Crippen molar-refractivity contribution in [2.24, 2.45) is 0 Å². The summed E-state index contributed by atoms with van der Waals surface area (Å²) in [5, 5.41) is 11.6. The summed E-state index contributed by atoms with van der Waals surface area (Å²) in [5.41, 5.74) is -1.19. The fraction of sp³-hybridized carbons (Fsp3) is 0.211. The number of amides is 1. The largest absolute Gasteiger partial charge is 0.416 e. The monoisotopic (exact) mass is 468 g/mol. The number of para-hydroxylation sites is 1. The van der Waals surface area contributed by atoms with E-state index in [2.05, 4.69) is 20.2 Å². The lowest BCUT2D eigenvalue weighted by Gasteiger charge is -2.13. The number of hydrogen-bond donors (Lipinski definition) is 2. The quantitative estimate of drug-likeness (QED) is 0.555. The summed E-state index contributed by atoms with van der Waals surface area (Å²) in [6.07, 6.45) is -2.63. The number of carbonyl (C=O) groups excluding carboxylic acids is 1. The van der Waals surface area contributed by atoms with E-state index in [0.29, 0.717) is 12.0 Å². The maximum absolute atomic E-state index is 12.9. The molecule has 1 aliphatic rings. The molecule has 0 saturated heterocycles. The zero-order valence-corrected chi connectivity index (χ0v) is 17.3. The third kappa shape index (κ3) is 4.85. The molecule has 12 heteroatoms. The van der Waals surface area contributed by atoms with E-state index in [0.717, 1.165) is 36.0 Å². The van der Waals surface area contributed by atoms with Crippen LogP contribution in [0.4, 0.5) is 24.0 Å². The SMILES string of the molecule is O=C(Nc1nnc(C2CC2)s1)c1ccccc1NS(=O)(=O)c1cccc(C(F)(F)F)c1. The van der Waals surface area contributed by atoms with Crippen LogP contribution in [0, 0.1) is 0 Å². The molecule has 7 nitrogen and oxygen atoms in total. The van der Waals surface area contributed by atoms with E-state index in [1.54, 1.807) is 0 Å². The molecule has 1 heterocycles. The number of hydrogen-bond acceptors (Lipinski definition) is 6. The first-order chi connectivity index (χ1) is 14.6. The third-order valence-corrected chi connectivity index (χ3v) is 6.84. The van der Waals surface area contributed by atoms with Crippen molar-refractivity contribution in [1.82, 2.24) is 10.2 Å². The van der Waals surface area contributed by atoms with Crippen molar-refractivity contribution < 1.29 is 26.4 Å². The van der Waals surface area contributed by atoms with Crippen LogP contribution < -0.4 is 10.0 Å². The molecule has 2 N–H and O–H groups in total. The molecule has 0 unspecified atom stereocenters. The highest BCUT2D eigenvalue weighted by molar-refractivity contribution is 7.92. The van der Waals surface area contributed by atoms with Gasteiger partial charge in [-0.2, -0.15) is 13.2 Å². The number of alkyl halides is 3. The van der Waals surface area contributed by atoms with Gasteiger partial charge >= 0.3 is 6.18 Å². The van der Waals surface area contributed by atoms with Gasteiger partial charge in [0.1, 0.15) is 5.01 Å². The van der Waals surface area contributed by atoms with Crippen LogP contribution in [-0.2, 0) is 16.2 Å². The van der Waals surface area contributed by atoms with Gasteiger partial charge in [-0.15, -0.1) is 10.2 Å². The van der Waals surface area contributed by atoms with Gasteiger partial charge in [-0.3, -0.25) is 14.8 Å². The standard InChI is InChI=1S/C19H15F3N4O3S2/c20-19(21,22)12-4-3-5-13(10-12)31(28,29)26-15-7-2-1-6-14(15)16(27)23-18-25-24-17(30-18)11-8-9-11/h1-7,10-11,26H,8-9H2,(H,23,25,27). The first kappa shape index (κ1) is 21.2. The Hall–Kier alpha value is -2.99. The molecule has 1 aromatic heterocycles. The van der Waals surface area contributed by atoms with E-state index in [1.807, 2.05) is 0 Å². The van der Waals surface area contributed by atoms with Crippen molar-refractivity contribution in [2.75, 3.05) is 10.0 Å². The van der Waals surface area contributed by atoms with Gasteiger partial charge in [-0.05, 0) is 43.2 Å². The maximum atomic E-state index is 12.9. The molecule has 1 aliphatic carbocycles. The van der Waals surface area contributed by atoms with Crippen LogP contribution in [-0.4, -0.2) is 24.5 Å². The summed E-state index contributed by atoms with van der Waals surface area (Å²) in [6, 6.07) is 9.12. The molecular formula is C19H15F3N4O3S2. The number of carbonyl (C=O) groups is 1. The number of nitrogens with one attached hydrogen (secondary N) is 2. The van der Waals surface area contributed by atoms with Crippen molar-refractivity contribution in [2.45, 2.75) is 29.8 Å². The normalized spacial score (nSPS) is 14.3. The van der Waals surface area contributed by atoms with E-state index in [4.69, 9.17) is 0 Å². The van der Waals surface area contributed by atoms with Crippen LogP contribution in [0.15, 0.2) is 53.4 Å². The lowest BCUT2D eigenvalue weighted by Crippen LogP contribution is -2.19. The molecule has 2 aromatic carbocycles. The Bertz CT molecular complexity index is 1240. The van der Waals surface area contributed by atoms with Gasteiger partial charge in [0.2, 0.25) is 5.13 Å². The fourth-order valence-electron chi connectivity index (χ4n) is 2.76. The van der Waals surface area contributed by atoms with Crippen LogP contribution >= 0.6 is 11.3 Å². The molecule has 4 rings (SSSR count). The molecule has 3 aromatic rings. The Kier molecular flexibility index (Phi) is 5.43. The summed E-state index contributed by atoms with van der Waals surface area (Å²) >= 11 is 1.25. The predicted octanol–water partition coefficient (Wildman–Crippen LogP) is 4.49. The molecule has 162 valence electrons. The van der Waals surface area contributed by atoms with E-state index in [1.165, 1.54) is 35.6 Å². The summed E-state index contributed by atoms with van der Waals surface area (Å²) in [7, 11) is -4.38. The van der Waals surface area contributed by atoms with Gasteiger partial charge in [0.05, 0.1) is 21.7 Å². The lowest BCUT2D eigenvalue weighted by atomic mass is 10.2. The topological polar surface area (TPSA) is 101 Å². The Morgan fingerprint density at radius 1 is 1.06 bits per heavy atom. The minimum absolute atomic E-state index is 0.0128. The van der Waals surface area contributed by atoms with Crippen molar-refractivity contribution in [3.63, 3.8) is 0 Å². The Balaban J connectivity index is 1.57. The van der Waals surface area contributed by atoms with Crippen LogP contribution in [0.2, 0.25) is 0 Å². The smallest absolute Gasteiger partial charge is 0.296 e. The number of nitrogens with zero attached hydrogens (tertiary/aromatic N) is 2. The Labute approximate surface area is 179 Å². The molecule has 0 aliphatic heterocycles. The molecule has 0 spiro atoms. The van der Waals surface area contributed by atoms with E-state index in [-0.39, 0.29) is 16.4 Å². The number of benzene rings is 2. The number of anilines is 2. The minimum atomic E-state index is -4.69. The molecule has 0 radical (unpaired) electrons. The van der Waals surface area contributed by atoms with Gasteiger partial charge in [-0.25, -0.2) is 8.42 Å². The van der Waals surface area contributed by atoms with Crippen molar-refractivity contribution in [1.29, 1.82) is 0 Å². The number of rotatable bonds is 6. The number of halogens is 3. The third-order valence-electron chi connectivity index (χ3n) is 4.48. The van der Waals surface area contributed by atoms with Gasteiger partial charge in [0.15, 0.2) is 0 Å². The zero-order valence-electron chi connectivity index (χ0n) is 15.7. The molecule has 1 saturated carbocycles. The van der Waals surface area contributed by atoms with Crippen LogP contribution in [0.3, 0.4) is 0 Å². The lowest BCUT2D eigenvalue weighted by molar-refractivity contribution is -0.137. The maximum Gasteiger partial charge on any atom is 0.416 e. The van der Waals surface area contributed by atoms with E-state index >= 15 is 0 Å². The van der Waals surface area contributed by atoms with Gasteiger partial charge < -0.3 is 0 Å². The summed E-state index contributed by atoms with van der Waals surface area (Å²) in [4.78, 5) is 12.1. The summed E-state index contributed by atoms with van der Waals surface area (Å²) in [5.74, 6) is -0.254. The molecule has 0 bridgehead atoms. The Morgan fingerprint density at radius 3 is 2.52 bits per heavy atom. The number of aromatic nitrogens is 2. The minimum Gasteiger partial charge on any atom is -0.296 e.